The van der Waals surface area contributed by atoms with E-state index >= 15 is 0 Å². The van der Waals surface area contributed by atoms with Crippen molar-refractivity contribution in [2.24, 2.45) is 0 Å². The molecule has 192 valence electrons. The molecule has 0 bridgehead atoms. The zero-order valence-electron chi connectivity index (χ0n) is 20.6. The number of rotatable bonds is 6. The summed E-state index contributed by atoms with van der Waals surface area (Å²) in [5.74, 6) is -0.129. The molecule has 2 aromatic carbocycles. The zero-order chi connectivity index (χ0) is 25.8. The number of non-ortho nitro benzene ring substituents is 1. The molecule has 9 heteroatoms. The van der Waals surface area contributed by atoms with Crippen molar-refractivity contribution in [3.63, 3.8) is 0 Å². The lowest BCUT2D eigenvalue weighted by atomic mass is 9.93. The molecule has 37 heavy (non-hydrogen) atoms. The Morgan fingerprint density at radius 3 is 2.54 bits per heavy atom. The van der Waals surface area contributed by atoms with E-state index in [4.69, 9.17) is 0 Å². The fourth-order valence-corrected chi connectivity index (χ4v) is 6.24. The zero-order valence-corrected chi connectivity index (χ0v) is 21.4. The fourth-order valence-electron chi connectivity index (χ4n) is 5.34. The molecule has 0 aliphatic carbocycles. The first-order chi connectivity index (χ1) is 18.0. The van der Waals surface area contributed by atoms with Gasteiger partial charge in [0.15, 0.2) is 0 Å². The number of carbonyl (C=O) groups is 2. The van der Waals surface area contributed by atoms with E-state index in [2.05, 4.69) is 40.6 Å². The lowest BCUT2D eigenvalue weighted by Crippen LogP contribution is -2.40. The van der Waals surface area contributed by atoms with E-state index in [9.17, 15) is 19.7 Å². The minimum Gasteiger partial charge on any atom is -0.341 e. The van der Waals surface area contributed by atoms with Crippen molar-refractivity contribution in [2.45, 2.75) is 25.3 Å². The fraction of sp³-hybridized carbons (Fsp3) is 0.357. The quantitative estimate of drug-likeness (QED) is 0.357. The third kappa shape index (κ3) is 5.57. The number of nitro benzene ring substituents is 1. The number of nitrogens with zero attached hydrogens (tertiary/aromatic N) is 4. The van der Waals surface area contributed by atoms with Gasteiger partial charge in [-0.3, -0.25) is 24.6 Å². The lowest BCUT2D eigenvalue weighted by Gasteiger charge is -2.36. The molecule has 8 nitrogen and oxygen atoms in total. The van der Waals surface area contributed by atoms with Gasteiger partial charge in [-0.25, -0.2) is 0 Å². The Morgan fingerprint density at radius 1 is 0.946 bits per heavy atom. The van der Waals surface area contributed by atoms with Crippen molar-refractivity contribution in [3.05, 3.63) is 97.7 Å². The Balaban J connectivity index is 1.20. The monoisotopic (exact) mass is 518 g/mol. The summed E-state index contributed by atoms with van der Waals surface area (Å²) in [6, 6.07) is 18.7. The van der Waals surface area contributed by atoms with Crippen LogP contribution in [0.5, 0.6) is 0 Å². The highest BCUT2D eigenvalue weighted by atomic mass is 32.1. The van der Waals surface area contributed by atoms with Crippen molar-refractivity contribution < 1.29 is 14.5 Å². The largest absolute Gasteiger partial charge is 0.341 e. The third-order valence-electron chi connectivity index (χ3n) is 7.23. The summed E-state index contributed by atoms with van der Waals surface area (Å²) in [6.45, 7) is 3.62. The van der Waals surface area contributed by atoms with Gasteiger partial charge < -0.3 is 9.80 Å². The molecule has 2 aliphatic heterocycles. The van der Waals surface area contributed by atoms with Gasteiger partial charge in [0.2, 0.25) is 5.91 Å². The summed E-state index contributed by atoms with van der Waals surface area (Å²) in [7, 11) is 0. The van der Waals surface area contributed by atoms with Crippen LogP contribution in [0.1, 0.15) is 45.2 Å². The van der Waals surface area contributed by atoms with Crippen molar-refractivity contribution in [3.8, 4) is 0 Å². The molecule has 3 aromatic rings. The smallest absolute Gasteiger partial charge is 0.270 e. The van der Waals surface area contributed by atoms with Crippen LogP contribution in [0.3, 0.4) is 0 Å². The molecule has 1 atom stereocenters. The van der Waals surface area contributed by atoms with Crippen LogP contribution in [0.4, 0.5) is 5.69 Å². The van der Waals surface area contributed by atoms with E-state index in [1.165, 1.54) is 34.2 Å². The SMILES string of the molecule is O=C(CCN1CCc2sccc2[C@@H]1c1ccccc1)N1CCCN(C(=O)c2cccc([N+](=O)[O-])c2)CC1. The second kappa shape index (κ2) is 11.2. The first kappa shape index (κ1) is 25.1. The van der Waals surface area contributed by atoms with Crippen molar-refractivity contribution in [1.82, 2.24) is 14.7 Å². The highest BCUT2D eigenvalue weighted by Gasteiger charge is 2.30. The van der Waals surface area contributed by atoms with E-state index in [0.717, 1.165) is 13.0 Å². The van der Waals surface area contributed by atoms with Gasteiger partial charge in [0.05, 0.1) is 11.0 Å². The number of benzene rings is 2. The summed E-state index contributed by atoms with van der Waals surface area (Å²) < 4.78 is 0. The molecular formula is C28H30N4O4S. The van der Waals surface area contributed by atoms with Crippen molar-refractivity contribution >= 4 is 28.8 Å². The van der Waals surface area contributed by atoms with Gasteiger partial charge in [-0.05, 0) is 41.5 Å². The highest BCUT2D eigenvalue weighted by Crippen LogP contribution is 2.37. The topological polar surface area (TPSA) is 87.0 Å². The first-order valence-corrected chi connectivity index (χ1v) is 13.6. The van der Waals surface area contributed by atoms with E-state index in [0.29, 0.717) is 51.1 Å². The summed E-state index contributed by atoms with van der Waals surface area (Å²) >= 11 is 1.81. The highest BCUT2D eigenvalue weighted by molar-refractivity contribution is 7.10. The van der Waals surface area contributed by atoms with Crippen LogP contribution in [-0.4, -0.2) is 70.7 Å². The van der Waals surface area contributed by atoms with Crippen LogP contribution in [-0.2, 0) is 11.2 Å². The lowest BCUT2D eigenvalue weighted by molar-refractivity contribution is -0.384. The number of fused-ring (bicyclic) bond motifs is 1. The molecule has 3 heterocycles. The Labute approximate surface area is 220 Å². The minimum atomic E-state index is -0.497. The van der Waals surface area contributed by atoms with Gasteiger partial charge in [-0.15, -0.1) is 11.3 Å². The van der Waals surface area contributed by atoms with Crippen LogP contribution in [0.25, 0.3) is 0 Å². The van der Waals surface area contributed by atoms with Crippen LogP contribution in [0, 0.1) is 10.1 Å². The van der Waals surface area contributed by atoms with E-state index in [-0.39, 0.29) is 23.5 Å². The molecule has 1 fully saturated rings. The van der Waals surface area contributed by atoms with Crippen LogP contribution < -0.4 is 0 Å². The maximum atomic E-state index is 13.2. The maximum Gasteiger partial charge on any atom is 0.270 e. The van der Waals surface area contributed by atoms with E-state index in [1.807, 2.05) is 22.3 Å². The summed E-state index contributed by atoms with van der Waals surface area (Å²) in [5, 5.41) is 13.2. The van der Waals surface area contributed by atoms with Gasteiger partial charge in [0.1, 0.15) is 0 Å². The summed E-state index contributed by atoms with van der Waals surface area (Å²) in [5.41, 5.74) is 2.80. The number of nitro groups is 1. The van der Waals surface area contributed by atoms with Crippen LogP contribution in [0.15, 0.2) is 66.0 Å². The number of carbonyl (C=O) groups excluding carboxylic acids is 2. The standard InChI is InChI=1S/C28H30N4O4S/c33-26(11-16-30-15-10-25-24(12-19-37-25)27(30)21-6-2-1-3-7-21)29-13-5-14-31(18-17-29)28(34)22-8-4-9-23(20-22)32(35)36/h1-4,6-9,12,19-20,27H,5,10-11,13-18H2/t27-/m0/s1. The van der Waals surface area contributed by atoms with Gasteiger partial charge >= 0.3 is 0 Å². The first-order valence-electron chi connectivity index (χ1n) is 12.7. The van der Waals surface area contributed by atoms with Crippen LogP contribution >= 0.6 is 11.3 Å². The Kier molecular flexibility index (Phi) is 7.62. The maximum absolute atomic E-state index is 13.2. The second-order valence-corrected chi connectivity index (χ2v) is 10.5. The van der Waals surface area contributed by atoms with Gasteiger partial charge in [-0.2, -0.15) is 0 Å². The molecule has 5 rings (SSSR count). The molecule has 0 unspecified atom stereocenters. The molecule has 2 aliphatic rings. The molecule has 0 N–H and O–H groups in total. The average molecular weight is 519 g/mol. The molecule has 0 spiro atoms. The predicted molar refractivity (Wildman–Crippen MR) is 143 cm³/mol. The molecule has 0 radical (unpaired) electrons. The number of hydrogen-bond acceptors (Lipinski definition) is 6. The van der Waals surface area contributed by atoms with Crippen molar-refractivity contribution in [2.75, 3.05) is 39.3 Å². The molecule has 2 amide bonds. The predicted octanol–water partition coefficient (Wildman–Crippen LogP) is 4.37. The normalized spacial score (nSPS) is 18.2. The molecule has 1 aromatic heterocycles. The van der Waals surface area contributed by atoms with Crippen LogP contribution in [0.2, 0.25) is 0 Å². The van der Waals surface area contributed by atoms with Crippen molar-refractivity contribution in [1.29, 1.82) is 0 Å². The van der Waals surface area contributed by atoms with E-state index < -0.39 is 4.92 Å². The molecule has 0 saturated carbocycles. The number of hydrogen-bond donors (Lipinski definition) is 0. The Hall–Kier alpha value is -3.56. The third-order valence-corrected chi connectivity index (χ3v) is 8.23. The van der Waals surface area contributed by atoms with Gasteiger partial charge in [0, 0.05) is 68.3 Å². The molecular weight excluding hydrogens is 488 g/mol. The Morgan fingerprint density at radius 2 is 1.73 bits per heavy atom. The van der Waals surface area contributed by atoms with E-state index in [1.54, 1.807) is 11.0 Å². The summed E-state index contributed by atoms with van der Waals surface area (Å²) in [4.78, 5) is 44.2. The minimum absolute atomic E-state index is 0.0985. The summed E-state index contributed by atoms with van der Waals surface area (Å²) in [6.07, 6.45) is 2.12. The van der Waals surface area contributed by atoms with Gasteiger partial charge in [-0.1, -0.05) is 36.4 Å². The average Bonchev–Trinajstić information content (AvgIpc) is 3.27. The second-order valence-electron chi connectivity index (χ2n) is 9.48. The number of amides is 2. The van der Waals surface area contributed by atoms with Gasteiger partial charge in [0.25, 0.3) is 11.6 Å². The Bertz CT molecular complexity index is 1280. The number of thiophene rings is 1. The molecule has 1 saturated heterocycles.